The number of methoxy groups -OCH3 is 1. The van der Waals surface area contributed by atoms with Crippen molar-refractivity contribution < 1.29 is 24.5 Å². The fourth-order valence-electron chi connectivity index (χ4n) is 2.38. The fraction of sp³-hybridized carbons (Fsp3) is 0.0909. The Labute approximate surface area is 167 Å². The molecule has 5 nitrogen and oxygen atoms in total. The molecule has 3 aromatic rings. The standard InChI is InChI=1S/C12H12O3Si.C10H12O2/c13-9-5-1-3-7-11(9)15-16-12-8-4-2-6-10(12)14;1-3-4-8-5-6-9(11)10(7-8)12-2/h1-8,13-14H,16H2;3,5-7,11H,1,4H2,2H3. The Morgan fingerprint density at radius 3 is 2.14 bits per heavy atom. The van der Waals surface area contributed by atoms with Gasteiger partial charge >= 0.3 is 0 Å². The van der Waals surface area contributed by atoms with E-state index in [1.807, 2.05) is 24.3 Å². The molecule has 0 aliphatic heterocycles. The molecule has 0 aliphatic carbocycles. The number of allylic oxidation sites excluding steroid dienone is 1. The highest BCUT2D eigenvalue weighted by Crippen LogP contribution is 2.26. The van der Waals surface area contributed by atoms with Crippen molar-refractivity contribution in [3.8, 4) is 28.7 Å². The first-order valence-electron chi connectivity index (χ1n) is 8.69. The minimum atomic E-state index is -1.07. The van der Waals surface area contributed by atoms with Gasteiger partial charge in [-0.1, -0.05) is 42.5 Å². The minimum Gasteiger partial charge on any atom is -0.542 e. The van der Waals surface area contributed by atoms with E-state index in [1.54, 1.807) is 48.5 Å². The highest BCUT2D eigenvalue weighted by atomic mass is 28.2. The molecule has 0 saturated heterocycles. The van der Waals surface area contributed by atoms with Gasteiger partial charge in [-0.3, -0.25) is 0 Å². The number of aromatic hydroxyl groups is 3. The molecule has 0 unspecified atom stereocenters. The van der Waals surface area contributed by atoms with Crippen LogP contribution in [0.4, 0.5) is 0 Å². The lowest BCUT2D eigenvalue weighted by molar-refractivity contribution is 0.373. The predicted octanol–water partition coefficient (Wildman–Crippen LogP) is 3.02. The van der Waals surface area contributed by atoms with E-state index in [9.17, 15) is 15.3 Å². The molecule has 0 saturated carbocycles. The van der Waals surface area contributed by atoms with Crippen LogP contribution in [0.5, 0.6) is 28.7 Å². The number of phenolic OH excluding ortho intramolecular Hbond substituents is 3. The number of para-hydroxylation sites is 3. The first-order chi connectivity index (χ1) is 13.5. The van der Waals surface area contributed by atoms with Gasteiger partial charge in [0.1, 0.15) is 11.5 Å². The Morgan fingerprint density at radius 2 is 1.50 bits per heavy atom. The summed E-state index contributed by atoms with van der Waals surface area (Å²) in [6.07, 6.45) is 2.60. The molecule has 0 radical (unpaired) electrons. The van der Waals surface area contributed by atoms with E-state index in [4.69, 9.17) is 9.16 Å². The molecule has 0 atom stereocenters. The van der Waals surface area contributed by atoms with Gasteiger partial charge in [0.05, 0.1) is 7.11 Å². The van der Waals surface area contributed by atoms with Crippen molar-refractivity contribution in [2.75, 3.05) is 7.11 Å². The zero-order chi connectivity index (χ0) is 20.4. The average molecular weight is 397 g/mol. The van der Waals surface area contributed by atoms with Gasteiger partial charge in [0.2, 0.25) is 0 Å². The second kappa shape index (κ2) is 10.7. The summed E-state index contributed by atoms with van der Waals surface area (Å²) in [4.78, 5) is 0. The molecule has 3 rings (SSSR count). The number of phenols is 3. The Bertz CT molecular complexity index is 865. The summed E-state index contributed by atoms with van der Waals surface area (Å²) in [5.74, 6) is 1.53. The van der Waals surface area contributed by atoms with Gasteiger partial charge in [-0.05, 0) is 42.3 Å². The molecule has 0 fully saturated rings. The number of rotatable bonds is 6. The van der Waals surface area contributed by atoms with Crippen LogP contribution in [0.15, 0.2) is 79.4 Å². The third-order valence-electron chi connectivity index (χ3n) is 3.86. The Balaban J connectivity index is 0.000000209. The zero-order valence-electron chi connectivity index (χ0n) is 15.7. The Kier molecular flexibility index (Phi) is 7.99. The molecule has 0 amide bonds. The first-order valence-corrected chi connectivity index (χ1v) is 9.98. The summed E-state index contributed by atoms with van der Waals surface area (Å²) in [7, 11) is 0.464. The highest BCUT2D eigenvalue weighted by Gasteiger charge is 2.04. The van der Waals surface area contributed by atoms with Crippen LogP contribution in [0.25, 0.3) is 0 Å². The second-order valence-electron chi connectivity index (χ2n) is 5.88. The van der Waals surface area contributed by atoms with Crippen molar-refractivity contribution in [3.63, 3.8) is 0 Å². The maximum absolute atomic E-state index is 9.55. The van der Waals surface area contributed by atoms with Crippen LogP contribution in [0.1, 0.15) is 5.56 Å². The van der Waals surface area contributed by atoms with Crippen molar-refractivity contribution >= 4 is 14.9 Å². The summed E-state index contributed by atoms with van der Waals surface area (Å²) < 4.78 is 10.5. The van der Waals surface area contributed by atoms with Crippen molar-refractivity contribution in [2.45, 2.75) is 6.42 Å². The van der Waals surface area contributed by atoms with Gasteiger partial charge < -0.3 is 24.5 Å². The van der Waals surface area contributed by atoms with Gasteiger partial charge in [-0.25, -0.2) is 0 Å². The lowest BCUT2D eigenvalue weighted by Crippen LogP contribution is -2.20. The molecule has 146 valence electrons. The lowest BCUT2D eigenvalue weighted by Gasteiger charge is -2.08. The summed E-state index contributed by atoms with van der Waals surface area (Å²) in [5, 5.41) is 29.1. The largest absolute Gasteiger partial charge is 0.542 e. The molecule has 0 heterocycles. The molecule has 28 heavy (non-hydrogen) atoms. The second-order valence-corrected chi connectivity index (χ2v) is 7.22. The van der Waals surface area contributed by atoms with Crippen LogP contribution in [0.2, 0.25) is 0 Å². The van der Waals surface area contributed by atoms with Crippen LogP contribution < -0.4 is 14.3 Å². The number of ether oxygens (including phenoxy) is 1. The molecular formula is C22H24O5Si. The van der Waals surface area contributed by atoms with Crippen molar-refractivity contribution in [1.82, 2.24) is 0 Å². The number of benzene rings is 3. The zero-order valence-corrected chi connectivity index (χ0v) is 17.1. The summed E-state index contributed by atoms with van der Waals surface area (Å²) in [6.45, 7) is 3.63. The molecular weight excluding hydrogens is 372 g/mol. The molecule has 0 bridgehead atoms. The molecule has 0 spiro atoms. The van der Waals surface area contributed by atoms with Crippen molar-refractivity contribution in [2.24, 2.45) is 0 Å². The normalized spacial score (nSPS) is 10.2. The number of hydrogen-bond acceptors (Lipinski definition) is 5. The van der Waals surface area contributed by atoms with Crippen LogP contribution in [0, 0.1) is 0 Å². The third kappa shape index (κ3) is 6.10. The summed E-state index contributed by atoms with van der Waals surface area (Å²) in [5.41, 5.74) is 1.08. The minimum absolute atomic E-state index is 0.130. The first kappa shape index (κ1) is 20.9. The average Bonchev–Trinajstić information content (AvgIpc) is 2.70. The molecule has 0 aliphatic rings. The predicted molar refractivity (Wildman–Crippen MR) is 114 cm³/mol. The van der Waals surface area contributed by atoms with E-state index in [2.05, 4.69) is 6.58 Å². The smallest absolute Gasteiger partial charge is 0.255 e. The van der Waals surface area contributed by atoms with Gasteiger partial charge in [0, 0.05) is 5.19 Å². The Morgan fingerprint density at radius 1 is 0.857 bits per heavy atom. The summed E-state index contributed by atoms with van der Waals surface area (Å²) >= 11 is 0. The molecule has 0 aromatic heterocycles. The van der Waals surface area contributed by atoms with Gasteiger partial charge in [-0.15, -0.1) is 6.58 Å². The topological polar surface area (TPSA) is 79.2 Å². The quantitative estimate of drug-likeness (QED) is 0.441. The van der Waals surface area contributed by atoms with E-state index in [0.717, 1.165) is 17.2 Å². The maximum Gasteiger partial charge on any atom is 0.255 e. The highest BCUT2D eigenvalue weighted by molar-refractivity contribution is 6.49. The maximum atomic E-state index is 9.55. The summed E-state index contributed by atoms with van der Waals surface area (Å²) in [6, 6.07) is 19.2. The fourth-order valence-corrected chi connectivity index (χ4v) is 3.44. The van der Waals surface area contributed by atoms with Crippen LogP contribution in [-0.2, 0) is 6.42 Å². The molecule has 3 aromatic carbocycles. The van der Waals surface area contributed by atoms with Crippen molar-refractivity contribution in [3.05, 3.63) is 84.9 Å². The van der Waals surface area contributed by atoms with E-state index < -0.39 is 9.76 Å². The van der Waals surface area contributed by atoms with E-state index in [-0.39, 0.29) is 17.2 Å². The van der Waals surface area contributed by atoms with E-state index in [1.165, 1.54) is 7.11 Å². The van der Waals surface area contributed by atoms with Crippen LogP contribution in [0.3, 0.4) is 0 Å². The van der Waals surface area contributed by atoms with Crippen LogP contribution in [-0.4, -0.2) is 32.2 Å². The van der Waals surface area contributed by atoms with Gasteiger partial charge in [0.15, 0.2) is 17.2 Å². The van der Waals surface area contributed by atoms with Crippen LogP contribution >= 0.6 is 0 Å². The molecule has 6 heteroatoms. The monoisotopic (exact) mass is 396 g/mol. The third-order valence-corrected chi connectivity index (χ3v) is 5.23. The van der Waals surface area contributed by atoms with Gasteiger partial charge in [0.25, 0.3) is 9.76 Å². The van der Waals surface area contributed by atoms with E-state index >= 15 is 0 Å². The SMILES string of the molecule is C=CCc1ccc(O)c(OC)c1.Oc1ccccc1O[SiH2]c1ccccc1O. The van der Waals surface area contributed by atoms with E-state index in [0.29, 0.717) is 11.5 Å². The molecule has 3 N–H and O–H groups in total. The van der Waals surface area contributed by atoms with Gasteiger partial charge in [-0.2, -0.15) is 0 Å². The van der Waals surface area contributed by atoms with Crippen molar-refractivity contribution in [1.29, 1.82) is 0 Å². The lowest BCUT2D eigenvalue weighted by atomic mass is 10.1. The number of hydrogen-bond donors (Lipinski definition) is 3. The Hall–Kier alpha value is -3.38.